The molecule has 1 rings (SSSR count). The van der Waals surface area contributed by atoms with Gasteiger partial charge in [0.15, 0.2) is 5.69 Å². The van der Waals surface area contributed by atoms with Crippen LogP contribution in [0.15, 0.2) is 6.20 Å². The molecule has 1 heterocycles. The van der Waals surface area contributed by atoms with E-state index in [4.69, 9.17) is 0 Å². The number of aromatic nitrogens is 2. The van der Waals surface area contributed by atoms with Gasteiger partial charge in [0.25, 0.3) is 5.91 Å². The minimum atomic E-state index is -0.121. The van der Waals surface area contributed by atoms with E-state index in [1.165, 1.54) is 0 Å². The van der Waals surface area contributed by atoms with E-state index in [0.29, 0.717) is 11.6 Å². The first-order chi connectivity index (χ1) is 6.06. The SMILES string of the molecule is CNC(=O)c1nn(C)cc1C(C)C. The lowest BCUT2D eigenvalue weighted by molar-refractivity contribution is 0.0956. The van der Waals surface area contributed by atoms with Crippen LogP contribution in [0.25, 0.3) is 0 Å². The van der Waals surface area contributed by atoms with Gasteiger partial charge >= 0.3 is 0 Å². The predicted molar refractivity (Wildman–Crippen MR) is 50.7 cm³/mol. The highest BCUT2D eigenvalue weighted by molar-refractivity contribution is 5.93. The summed E-state index contributed by atoms with van der Waals surface area (Å²) in [6.07, 6.45) is 1.88. The Balaban J connectivity index is 3.11. The molecule has 0 bridgehead atoms. The number of amides is 1. The Kier molecular flexibility index (Phi) is 2.70. The fourth-order valence-electron chi connectivity index (χ4n) is 1.22. The summed E-state index contributed by atoms with van der Waals surface area (Å²) in [6, 6.07) is 0. The normalized spacial score (nSPS) is 10.5. The van der Waals surface area contributed by atoms with E-state index in [1.807, 2.05) is 27.1 Å². The molecule has 0 saturated heterocycles. The van der Waals surface area contributed by atoms with Crippen molar-refractivity contribution < 1.29 is 4.79 Å². The van der Waals surface area contributed by atoms with Crippen LogP contribution in [0.3, 0.4) is 0 Å². The van der Waals surface area contributed by atoms with Crippen LogP contribution in [0, 0.1) is 0 Å². The van der Waals surface area contributed by atoms with Crippen molar-refractivity contribution in [1.82, 2.24) is 15.1 Å². The van der Waals surface area contributed by atoms with Crippen LogP contribution in [-0.2, 0) is 7.05 Å². The molecule has 1 amide bonds. The molecule has 0 unspecified atom stereocenters. The molecule has 0 aromatic carbocycles. The smallest absolute Gasteiger partial charge is 0.271 e. The van der Waals surface area contributed by atoms with Crippen molar-refractivity contribution in [2.24, 2.45) is 7.05 Å². The number of hydrogen-bond donors (Lipinski definition) is 1. The van der Waals surface area contributed by atoms with Gasteiger partial charge in [-0.1, -0.05) is 13.8 Å². The lowest BCUT2D eigenvalue weighted by Crippen LogP contribution is -2.20. The molecule has 0 atom stereocenters. The molecular formula is C9H15N3O. The van der Waals surface area contributed by atoms with Crippen LogP contribution in [-0.4, -0.2) is 22.7 Å². The Hall–Kier alpha value is -1.32. The first-order valence-electron chi connectivity index (χ1n) is 4.32. The quantitative estimate of drug-likeness (QED) is 0.737. The summed E-state index contributed by atoms with van der Waals surface area (Å²) < 4.78 is 1.67. The zero-order valence-corrected chi connectivity index (χ0v) is 8.46. The predicted octanol–water partition coefficient (Wildman–Crippen LogP) is 0.903. The van der Waals surface area contributed by atoms with E-state index < -0.39 is 0 Å². The molecule has 0 fully saturated rings. The van der Waals surface area contributed by atoms with Gasteiger partial charge in [0.1, 0.15) is 0 Å². The molecule has 0 saturated carbocycles. The standard InChI is InChI=1S/C9H15N3O/c1-6(2)7-5-12(4)11-8(7)9(13)10-3/h5-6H,1-4H3,(H,10,13). The number of carbonyl (C=O) groups excluding carboxylic acids is 1. The average Bonchev–Trinajstić information content (AvgIpc) is 2.46. The fourth-order valence-corrected chi connectivity index (χ4v) is 1.22. The van der Waals surface area contributed by atoms with Gasteiger partial charge in [0.2, 0.25) is 0 Å². The maximum atomic E-state index is 11.4. The third-order valence-electron chi connectivity index (χ3n) is 1.92. The number of nitrogens with one attached hydrogen (secondary N) is 1. The lowest BCUT2D eigenvalue weighted by atomic mass is 10.0. The van der Waals surface area contributed by atoms with Crippen LogP contribution < -0.4 is 5.32 Å². The fraction of sp³-hybridized carbons (Fsp3) is 0.556. The van der Waals surface area contributed by atoms with Crippen molar-refractivity contribution in [3.05, 3.63) is 17.5 Å². The summed E-state index contributed by atoms with van der Waals surface area (Å²) in [6.45, 7) is 4.09. The summed E-state index contributed by atoms with van der Waals surface area (Å²) in [5.41, 5.74) is 1.52. The maximum absolute atomic E-state index is 11.4. The minimum absolute atomic E-state index is 0.121. The third-order valence-corrected chi connectivity index (χ3v) is 1.92. The van der Waals surface area contributed by atoms with E-state index in [-0.39, 0.29) is 5.91 Å². The molecule has 0 radical (unpaired) electrons. The number of nitrogens with zero attached hydrogens (tertiary/aromatic N) is 2. The first-order valence-corrected chi connectivity index (χ1v) is 4.32. The van der Waals surface area contributed by atoms with Gasteiger partial charge in [-0.25, -0.2) is 0 Å². The van der Waals surface area contributed by atoms with Gasteiger partial charge in [0, 0.05) is 25.9 Å². The molecule has 0 aliphatic heterocycles. The Bertz CT molecular complexity index is 315. The average molecular weight is 181 g/mol. The number of rotatable bonds is 2. The molecule has 0 aliphatic rings. The van der Waals surface area contributed by atoms with Gasteiger partial charge in [-0.3, -0.25) is 9.48 Å². The topological polar surface area (TPSA) is 46.9 Å². The van der Waals surface area contributed by atoms with Crippen LogP contribution >= 0.6 is 0 Å². The van der Waals surface area contributed by atoms with Crippen molar-refractivity contribution in [3.63, 3.8) is 0 Å². The zero-order valence-electron chi connectivity index (χ0n) is 8.46. The van der Waals surface area contributed by atoms with E-state index in [9.17, 15) is 4.79 Å². The molecule has 4 nitrogen and oxygen atoms in total. The molecule has 1 N–H and O–H groups in total. The van der Waals surface area contributed by atoms with E-state index in [0.717, 1.165) is 5.56 Å². The molecule has 72 valence electrons. The van der Waals surface area contributed by atoms with Crippen LogP contribution in [0.1, 0.15) is 35.8 Å². The van der Waals surface area contributed by atoms with Crippen LogP contribution in [0.5, 0.6) is 0 Å². The third kappa shape index (κ3) is 1.88. The second-order valence-corrected chi connectivity index (χ2v) is 3.34. The van der Waals surface area contributed by atoms with Crippen molar-refractivity contribution >= 4 is 5.91 Å². The molecule has 1 aromatic heterocycles. The first kappa shape index (κ1) is 9.77. The highest BCUT2D eigenvalue weighted by Gasteiger charge is 2.16. The number of carbonyl (C=O) groups is 1. The second kappa shape index (κ2) is 3.60. The molecule has 1 aromatic rings. The summed E-state index contributed by atoms with van der Waals surface area (Å²) >= 11 is 0. The van der Waals surface area contributed by atoms with E-state index in [2.05, 4.69) is 10.4 Å². The molecule has 0 spiro atoms. The van der Waals surface area contributed by atoms with Crippen molar-refractivity contribution in [1.29, 1.82) is 0 Å². The van der Waals surface area contributed by atoms with Crippen molar-refractivity contribution in [2.45, 2.75) is 19.8 Å². The van der Waals surface area contributed by atoms with Crippen molar-refractivity contribution in [3.8, 4) is 0 Å². The Labute approximate surface area is 77.9 Å². The monoisotopic (exact) mass is 181 g/mol. The summed E-state index contributed by atoms with van der Waals surface area (Å²) in [5, 5.41) is 6.68. The summed E-state index contributed by atoms with van der Waals surface area (Å²) in [4.78, 5) is 11.4. The molecule has 0 aliphatic carbocycles. The maximum Gasteiger partial charge on any atom is 0.271 e. The zero-order chi connectivity index (χ0) is 10.0. The second-order valence-electron chi connectivity index (χ2n) is 3.34. The Morgan fingerprint density at radius 1 is 1.62 bits per heavy atom. The van der Waals surface area contributed by atoms with Gasteiger partial charge in [-0.2, -0.15) is 5.10 Å². The highest BCUT2D eigenvalue weighted by atomic mass is 16.1. The van der Waals surface area contributed by atoms with Gasteiger partial charge in [0.05, 0.1) is 0 Å². The number of hydrogen-bond acceptors (Lipinski definition) is 2. The van der Waals surface area contributed by atoms with E-state index in [1.54, 1.807) is 11.7 Å². The van der Waals surface area contributed by atoms with Crippen molar-refractivity contribution in [2.75, 3.05) is 7.05 Å². The largest absolute Gasteiger partial charge is 0.354 e. The molecule has 13 heavy (non-hydrogen) atoms. The molecular weight excluding hydrogens is 166 g/mol. The van der Waals surface area contributed by atoms with Crippen LogP contribution in [0.2, 0.25) is 0 Å². The lowest BCUT2D eigenvalue weighted by Gasteiger charge is -2.02. The van der Waals surface area contributed by atoms with Crippen LogP contribution in [0.4, 0.5) is 0 Å². The Morgan fingerprint density at radius 2 is 2.23 bits per heavy atom. The van der Waals surface area contributed by atoms with Gasteiger partial charge in [-0.15, -0.1) is 0 Å². The Morgan fingerprint density at radius 3 is 2.69 bits per heavy atom. The van der Waals surface area contributed by atoms with Gasteiger partial charge < -0.3 is 5.32 Å². The van der Waals surface area contributed by atoms with Gasteiger partial charge in [-0.05, 0) is 5.92 Å². The minimum Gasteiger partial charge on any atom is -0.354 e. The highest BCUT2D eigenvalue weighted by Crippen LogP contribution is 2.17. The summed E-state index contributed by atoms with van der Waals surface area (Å²) in [5.74, 6) is 0.199. The molecule has 4 heteroatoms. The number of aryl methyl sites for hydroxylation is 1. The summed E-state index contributed by atoms with van der Waals surface area (Å²) in [7, 11) is 3.43. The van der Waals surface area contributed by atoms with E-state index >= 15 is 0 Å².